The molecule has 0 bridgehead atoms. The quantitative estimate of drug-likeness (QED) is 0.848. The van der Waals surface area contributed by atoms with Crippen LogP contribution in [-0.2, 0) is 17.5 Å². The molecule has 0 heterocycles. The first kappa shape index (κ1) is 14.8. The van der Waals surface area contributed by atoms with E-state index in [0.29, 0.717) is 6.07 Å². The van der Waals surface area contributed by atoms with E-state index < -0.39 is 17.6 Å². The number of alkyl halides is 3. The molecule has 0 spiro atoms. The predicted molar refractivity (Wildman–Crippen MR) is 65.1 cm³/mol. The summed E-state index contributed by atoms with van der Waals surface area (Å²) in [7, 11) is 0. The largest absolute Gasteiger partial charge is 0.416 e. The number of hydrogen-bond donors (Lipinski definition) is 1. The van der Waals surface area contributed by atoms with Crippen LogP contribution in [-0.4, -0.2) is 5.91 Å². The van der Waals surface area contributed by atoms with Crippen LogP contribution in [0.3, 0.4) is 0 Å². The van der Waals surface area contributed by atoms with E-state index in [1.807, 2.05) is 13.8 Å². The monoisotopic (exact) mass is 289 g/mol. The molecule has 1 amide bonds. The molecule has 6 heteroatoms. The minimum atomic E-state index is -4.52. The number of amides is 1. The first-order chi connectivity index (χ1) is 9.11. The molecule has 1 aromatic rings. The van der Waals surface area contributed by atoms with Gasteiger partial charge in [0.25, 0.3) is 0 Å². The van der Waals surface area contributed by atoms with Crippen LogP contribution in [0.25, 0.3) is 0 Å². The maximum Gasteiger partial charge on any atom is 0.416 e. The molecule has 1 aliphatic rings. The molecule has 0 aromatic heterocycles. The van der Waals surface area contributed by atoms with Crippen molar-refractivity contribution in [3.63, 3.8) is 0 Å². The Balaban J connectivity index is 2.04. The molecular formula is C14H15F4NO. The van der Waals surface area contributed by atoms with Gasteiger partial charge in [0.1, 0.15) is 5.82 Å². The van der Waals surface area contributed by atoms with E-state index in [9.17, 15) is 22.4 Å². The zero-order chi connectivity index (χ0) is 15.1. The molecular weight excluding hydrogens is 274 g/mol. The van der Waals surface area contributed by atoms with Gasteiger partial charge in [0.15, 0.2) is 0 Å². The summed E-state index contributed by atoms with van der Waals surface area (Å²) in [4.78, 5) is 11.7. The second-order valence-electron chi connectivity index (χ2n) is 5.77. The van der Waals surface area contributed by atoms with E-state index in [1.54, 1.807) is 0 Å². The summed E-state index contributed by atoms with van der Waals surface area (Å²) in [6, 6.07) is 2.18. The average molecular weight is 289 g/mol. The maximum absolute atomic E-state index is 13.5. The molecule has 1 N–H and O–H groups in total. The van der Waals surface area contributed by atoms with E-state index in [4.69, 9.17) is 0 Å². The number of benzene rings is 1. The number of carbonyl (C=O) groups excluding carboxylic acids is 1. The third kappa shape index (κ3) is 3.11. The van der Waals surface area contributed by atoms with E-state index in [1.165, 1.54) is 0 Å². The second kappa shape index (κ2) is 4.75. The van der Waals surface area contributed by atoms with Crippen molar-refractivity contribution >= 4 is 5.91 Å². The summed E-state index contributed by atoms with van der Waals surface area (Å²) in [6.45, 7) is 3.63. The number of nitrogens with one attached hydrogen (secondary N) is 1. The number of hydrogen-bond acceptors (Lipinski definition) is 1. The molecule has 0 unspecified atom stereocenters. The number of carbonyl (C=O) groups is 1. The van der Waals surface area contributed by atoms with Crippen molar-refractivity contribution in [2.24, 2.45) is 11.3 Å². The Hall–Kier alpha value is -1.59. The number of rotatable bonds is 3. The van der Waals surface area contributed by atoms with Crippen molar-refractivity contribution in [1.82, 2.24) is 5.32 Å². The van der Waals surface area contributed by atoms with Crippen molar-refractivity contribution in [2.75, 3.05) is 0 Å². The van der Waals surface area contributed by atoms with Gasteiger partial charge < -0.3 is 5.32 Å². The van der Waals surface area contributed by atoms with Crippen LogP contribution in [0.5, 0.6) is 0 Å². The van der Waals surface area contributed by atoms with Gasteiger partial charge in [-0.25, -0.2) is 4.39 Å². The molecule has 0 saturated heterocycles. The SMILES string of the molecule is CC1(C)C[C@@H]1C(=O)NCc1cc(C(F)(F)F)ccc1F. The van der Waals surface area contributed by atoms with Crippen molar-refractivity contribution in [2.45, 2.75) is 33.0 Å². The van der Waals surface area contributed by atoms with Gasteiger partial charge in [-0.05, 0) is 30.0 Å². The summed E-state index contributed by atoms with van der Waals surface area (Å²) < 4.78 is 51.0. The topological polar surface area (TPSA) is 29.1 Å². The Labute approximate surface area is 114 Å². The van der Waals surface area contributed by atoms with Crippen LogP contribution < -0.4 is 5.32 Å². The van der Waals surface area contributed by atoms with Gasteiger partial charge in [-0.2, -0.15) is 13.2 Å². The Kier molecular flexibility index (Phi) is 3.52. The summed E-state index contributed by atoms with van der Waals surface area (Å²) in [5.74, 6) is -1.14. The summed E-state index contributed by atoms with van der Waals surface area (Å²) in [6.07, 6.45) is -3.78. The highest BCUT2D eigenvalue weighted by molar-refractivity contribution is 5.82. The third-order valence-corrected chi connectivity index (χ3v) is 3.66. The van der Waals surface area contributed by atoms with Crippen molar-refractivity contribution in [3.05, 3.63) is 35.1 Å². The second-order valence-corrected chi connectivity index (χ2v) is 5.77. The first-order valence-corrected chi connectivity index (χ1v) is 6.24. The standard InChI is InChI=1S/C14H15F4NO/c1-13(2)6-10(13)12(20)19-7-8-5-9(14(16,17)18)3-4-11(8)15/h3-5,10H,6-7H2,1-2H3,(H,19,20)/t10-/m1/s1. The van der Waals surface area contributed by atoms with Crippen molar-refractivity contribution in [1.29, 1.82) is 0 Å². The Morgan fingerprint density at radius 2 is 2.00 bits per heavy atom. The van der Waals surface area contributed by atoms with E-state index in [-0.39, 0.29) is 29.3 Å². The smallest absolute Gasteiger partial charge is 0.352 e. The Morgan fingerprint density at radius 1 is 1.40 bits per heavy atom. The van der Waals surface area contributed by atoms with E-state index in [0.717, 1.165) is 18.6 Å². The maximum atomic E-state index is 13.5. The summed E-state index contributed by atoms with van der Waals surface area (Å²) in [5.41, 5.74) is -1.15. The molecule has 1 aliphatic carbocycles. The highest BCUT2D eigenvalue weighted by Crippen LogP contribution is 2.51. The lowest BCUT2D eigenvalue weighted by Gasteiger charge is -2.11. The minimum Gasteiger partial charge on any atom is -0.352 e. The van der Waals surface area contributed by atoms with Crippen LogP contribution in [0.2, 0.25) is 0 Å². The molecule has 0 radical (unpaired) electrons. The fraction of sp³-hybridized carbons (Fsp3) is 0.500. The Morgan fingerprint density at radius 3 is 2.50 bits per heavy atom. The predicted octanol–water partition coefficient (Wildman–Crippen LogP) is 3.51. The van der Waals surface area contributed by atoms with Crippen LogP contribution in [0.4, 0.5) is 17.6 Å². The molecule has 1 aromatic carbocycles. The van der Waals surface area contributed by atoms with Gasteiger partial charge in [0.05, 0.1) is 5.56 Å². The molecule has 2 rings (SSSR count). The highest BCUT2D eigenvalue weighted by Gasteiger charge is 2.50. The average Bonchev–Trinajstić information content (AvgIpc) is 2.95. The van der Waals surface area contributed by atoms with Crippen LogP contribution in [0, 0.1) is 17.2 Å². The molecule has 1 fully saturated rings. The fourth-order valence-corrected chi connectivity index (χ4v) is 2.11. The molecule has 1 atom stereocenters. The van der Waals surface area contributed by atoms with E-state index >= 15 is 0 Å². The normalized spacial score (nSPS) is 20.6. The Bertz CT molecular complexity index is 536. The zero-order valence-corrected chi connectivity index (χ0v) is 11.1. The minimum absolute atomic E-state index is 0.0730. The summed E-state index contributed by atoms with van der Waals surface area (Å²) >= 11 is 0. The van der Waals surface area contributed by atoms with Gasteiger partial charge >= 0.3 is 6.18 Å². The van der Waals surface area contributed by atoms with Crippen LogP contribution in [0.15, 0.2) is 18.2 Å². The van der Waals surface area contributed by atoms with Crippen LogP contribution in [0.1, 0.15) is 31.4 Å². The van der Waals surface area contributed by atoms with Crippen molar-refractivity contribution in [3.8, 4) is 0 Å². The van der Waals surface area contributed by atoms with Gasteiger partial charge in [-0.1, -0.05) is 13.8 Å². The lowest BCUT2D eigenvalue weighted by Crippen LogP contribution is -2.26. The lowest BCUT2D eigenvalue weighted by atomic mass is 10.1. The van der Waals surface area contributed by atoms with Crippen LogP contribution >= 0.6 is 0 Å². The van der Waals surface area contributed by atoms with Gasteiger partial charge in [-0.15, -0.1) is 0 Å². The molecule has 20 heavy (non-hydrogen) atoms. The highest BCUT2D eigenvalue weighted by atomic mass is 19.4. The van der Waals surface area contributed by atoms with E-state index in [2.05, 4.69) is 5.32 Å². The first-order valence-electron chi connectivity index (χ1n) is 6.24. The zero-order valence-electron chi connectivity index (χ0n) is 11.1. The van der Waals surface area contributed by atoms with Gasteiger partial charge in [0.2, 0.25) is 5.91 Å². The van der Waals surface area contributed by atoms with Gasteiger partial charge in [0, 0.05) is 18.0 Å². The molecule has 110 valence electrons. The molecule has 0 aliphatic heterocycles. The lowest BCUT2D eigenvalue weighted by molar-refractivity contribution is -0.137. The van der Waals surface area contributed by atoms with Gasteiger partial charge in [-0.3, -0.25) is 4.79 Å². The summed E-state index contributed by atoms with van der Waals surface area (Å²) in [5, 5.41) is 2.49. The number of halogens is 4. The van der Waals surface area contributed by atoms with Crippen molar-refractivity contribution < 1.29 is 22.4 Å². The fourth-order valence-electron chi connectivity index (χ4n) is 2.11. The third-order valence-electron chi connectivity index (χ3n) is 3.66. The molecule has 2 nitrogen and oxygen atoms in total. The molecule has 1 saturated carbocycles.